The van der Waals surface area contributed by atoms with Crippen LogP contribution in [0.2, 0.25) is 0 Å². The second-order valence-electron chi connectivity index (χ2n) is 4.83. The molecule has 2 unspecified atom stereocenters. The summed E-state index contributed by atoms with van der Waals surface area (Å²) in [5.74, 6) is -1.24. The van der Waals surface area contributed by atoms with Crippen molar-refractivity contribution in [2.24, 2.45) is 5.92 Å². The van der Waals surface area contributed by atoms with Gasteiger partial charge in [-0.1, -0.05) is 0 Å². The van der Waals surface area contributed by atoms with Gasteiger partial charge in [0.2, 0.25) is 0 Å². The molecule has 2 amide bonds. The standard InChI is InChI=1S/C12H23N3O3/c1-9-10(11(16)17)5-8-15(9)12(18)14(3)7-4-6-13-2/h9-10,13H,4-8H2,1-3H3,(H,16,17). The zero-order valence-electron chi connectivity index (χ0n) is 11.3. The Kier molecular flexibility index (Phi) is 5.40. The number of urea groups is 1. The molecule has 18 heavy (non-hydrogen) atoms. The predicted octanol–water partition coefficient (Wildman–Crippen LogP) is 0.443. The molecule has 104 valence electrons. The van der Waals surface area contributed by atoms with Crippen molar-refractivity contribution in [3.8, 4) is 0 Å². The molecule has 0 aromatic carbocycles. The largest absolute Gasteiger partial charge is 0.481 e. The van der Waals surface area contributed by atoms with Gasteiger partial charge >= 0.3 is 12.0 Å². The van der Waals surface area contributed by atoms with Crippen LogP contribution in [0, 0.1) is 5.92 Å². The number of carboxylic acids is 1. The van der Waals surface area contributed by atoms with E-state index >= 15 is 0 Å². The summed E-state index contributed by atoms with van der Waals surface area (Å²) in [7, 11) is 3.64. The summed E-state index contributed by atoms with van der Waals surface area (Å²) in [6.45, 7) is 3.89. The van der Waals surface area contributed by atoms with Crippen LogP contribution in [-0.2, 0) is 4.79 Å². The molecule has 1 aliphatic rings. The van der Waals surface area contributed by atoms with E-state index in [1.54, 1.807) is 16.8 Å². The molecule has 6 nitrogen and oxygen atoms in total. The van der Waals surface area contributed by atoms with Crippen molar-refractivity contribution in [3.63, 3.8) is 0 Å². The topological polar surface area (TPSA) is 72.9 Å². The van der Waals surface area contributed by atoms with Crippen molar-refractivity contribution in [2.45, 2.75) is 25.8 Å². The van der Waals surface area contributed by atoms with Gasteiger partial charge in [-0.25, -0.2) is 4.79 Å². The SMILES string of the molecule is CNCCCN(C)C(=O)N1CCC(C(=O)O)C1C. The van der Waals surface area contributed by atoms with Crippen LogP contribution in [0.15, 0.2) is 0 Å². The molecule has 1 aliphatic heterocycles. The van der Waals surface area contributed by atoms with E-state index in [-0.39, 0.29) is 12.1 Å². The highest BCUT2D eigenvalue weighted by Crippen LogP contribution is 2.25. The molecular formula is C12H23N3O3. The van der Waals surface area contributed by atoms with E-state index < -0.39 is 11.9 Å². The van der Waals surface area contributed by atoms with Crippen LogP contribution in [0.3, 0.4) is 0 Å². The Bertz CT molecular complexity index is 309. The van der Waals surface area contributed by atoms with E-state index in [0.29, 0.717) is 19.5 Å². The fourth-order valence-electron chi connectivity index (χ4n) is 2.35. The van der Waals surface area contributed by atoms with Gasteiger partial charge in [0.1, 0.15) is 0 Å². The molecule has 0 saturated carbocycles. The number of hydrogen-bond donors (Lipinski definition) is 2. The van der Waals surface area contributed by atoms with Crippen LogP contribution in [-0.4, -0.2) is 66.7 Å². The number of amides is 2. The maximum absolute atomic E-state index is 12.2. The number of carbonyl (C=O) groups excluding carboxylic acids is 1. The zero-order valence-corrected chi connectivity index (χ0v) is 11.3. The van der Waals surface area contributed by atoms with E-state index in [1.165, 1.54) is 0 Å². The highest BCUT2D eigenvalue weighted by Gasteiger charge is 2.38. The Hall–Kier alpha value is -1.30. The summed E-state index contributed by atoms with van der Waals surface area (Å²) in [4.78, 5) is 26.5. The minimum absolute atomic E-state index is 0.0673. The number of nitrogens with one attached hydrogen (secondary N) is 1. The number of carboxylic acid groups (broad SMARTS) is 1. The maximum atomic E-state index is 12.2. The van der Waals surface area contributed by atoms with Gasteiger partial charge in [-0.2, -0.15) is 0 Å². The van der Waals surface area contributed by atoms with Gasteiger partial charge in [0.25, 0.3) is 0 Å². The molecule has 2 atom stereocenters. The molecule has 0 aromatic rings. The predicted molar refractivity (Wildman–Crippen MR) is 68.5 cm³/mol. The minimum atomic E-state index is -0.810. The normalized spacial score (nSPS) is 23.2. The van der Waals surface area contributed by atoms with Crippen molar-refractivity contribution in [2.75, 3.05) is 33.7 Å². The summed E-state index contributed by atoms with van der Waals surface area (Å²) in [5, 5.41) is 12.1. The molecule has 0 bridgehead atoms. The summed E-state index contributed by atoms with van der Waals surface area (Å²) < 4.78 is 0. The van der Waals surface area contributed by atoms with Gasteiger partial charge in [-0.15, -0.1) is 0 Å². The van der Waals surface area contributed by atoms with Gasteiger partial charge in [0.05, 0.1) is 5.92 Å². The highest BCUT2D eigenvalue weighted by molar-refractivity contribution is 5.78. The van der Waals surface area contributed by atoms with Crippen LogP contribution in [0.5, 0.6) is 0 Å². The first-order chi connectivity index (χ1) is 8.49. The quantitative estimate of drug-likeness (QED) is 0.701. The molecule has 1 fully saturated rings. The van der Waals surface area contributed by atoms with Crippen LogP contribution in [0.1, 0.15) is 19.8 Å². The molecule has 1 heterocycles. The second kappa shape index (κ2) is 6.58. The van der Waals surface area contributed by atoms with Gasteiger partial charge in [0.15, 0.2) is 0 Å². The Balaban J connectivity index is 2.49. The molecule has 0 spiro atoms. The number of likely N-dealkylation sites (tertiary alicyclic amines) is 1. The third kappa shape index (κ3) is 3.35. The highest BCUT2D eigenvalue weighted by atomic mass is 16.4. The minimum Gasteiger partial charge on any atom is -0.481 e. The summed E-state index contributed by atoms with van der Waals surface area (Å²) in [6, 6.07) is -0.288. The molecule has 1 saturated heterocycles. The average molecular weight is 257 g/mol. The van der Waals surface area contributed by atoms with Gasteiger partial charge in [-0.05, 0) is 33.4 Å². The molecule has 0 aliphatic carbocycles. The zero-order chi connectivity index (χ0) is 13.7. The van der Waals surface area contributed by atoms with Gasteiger partial charge < -0.3 is 20.2 Å². The number of rotatable bonds is 5. The first-order valence-electron chi connectivity index (χ1n) is 6.38. The molecule has 1 rings (SSSR count). The molecule has 6 heteroatoms. The van der Waals surface area contributed by atoms with Crippen molar-refractivity contribution in [1.29, 1.82) is 0 Å². The van der Waals surface area contributed by atoms with Crippen molar-refractivity contribution < 1.29 is 14.7 Å². The van der Waals surface area contributed by atoms with E-state index in [2.05, 4.69) is 5.32 Å². The smallest absolute Gasteiger partial charge is 0.320 e. The van der Waals surface area contributed by atoms with Crippen molar-refractivity contribution in [1.82, 2.24) is 15.1 Å². The third-order valence-corrected chi connectivity index (χ3v) is 3.56. The lowest BCUT2D eigenvalue weighted by Crippen LogP contribution is -2.45. The van der Waals surface area contributed by atoms with Crippen molar-refractivity contribution >= 4 is 12.0 Å². The van der Waals surface area contributed by atoms with E-state index in [0.717, 1.165) is 13.0 Å². The van der Waals surface area contributed by atoms with Gasteiger partial charge in [-0.3, -0.25) is 4.79 Å². The monoisotopic (exact) mass is 257 g/mol. The number of nitrogens with zero attached hydrogens (tertiary/aromatic N) is 2. The summed E-state index contributed by atoms with van der Waals surface area (Å²) in [5.41, 5.74) is 0. The first-order valence-corrected chi connectivity index (χ1v) is 6.38. The second-order valence-corrected chi connectivity index (χ2v) is 4.83. The van der Waals surface area contributed by atoms with Crippen LogP contribution < -0.4 is 5.32 Å². The summed E-state index contributed by atoms with van der Waals surface area (Å²) >= 11 is 0. The summed E-state index contributed by atoms with van der Waals surface area (Å²) in [6.07, 6.45) is 1.44. The lowest BCUT2D eigenvalue weighted by molar-refractivity contribution is -0.142. The number of aliphatic carboxylic acids is 1. The van der Waals surface area contributed by atoms with Crippen LogP contribution >= 0.6 is 0 Å². The fourth-order valence-corrected chi connectivity index (χ4v) is 2.35. The Morgan fingerprint density at radius 3 is 2.67 bits per heavy atom. The molecule has 2 N–H and O–H groups in total. The lowest BCUT2D eigenvalue weighted by atomic mass is 10.0. The van der Waals surface area contributed by atoms with Crippen LogP contribution in [0.4, 0.5) is 4.79 Å². The van der Waals surface area contributed by atoms with E-state index in [9.17, 15) is 9.59 Å². The average Bonchev–Trinajstić information content (AvgIpc) is 2.70. The first kappa shape index (κ1) is 14.8. The van der Waals surface area contributed by atoms with Crippen molar-refractivity contribution in [3.05, 3.63) is 0 Å². The number of carbonyl (C=O) groups is 2. The Labute approximate surface area is 108 Å². The number of hydrogen-bond acceptors (Lipinski definition) is 3. The Morgan fingerprint density at radius 1 is 1.50 bits per heavy atom. The lowest BCUT2D eigenvalue weighted by Gasteiger charge is -2.28. The van der Waals surface area contributed by atoms with E-state index in [1.807, 2.05) is 14.0 Å². The fraction of sp³-hybridized carbons (Fsp3) is 0.833. The Morgan fingerprint density at radius 2 is 2.17 bits per heavy atom. The van der Waals surface area contributed by atoms with Crippen LogP contribution in [0.25, 0.3) is 0 Å². The molecule has 0 aromatic heterocycles. The maximum Gasteiger partial charge on any atom is 0.320 e. The van der Waals surface area contributed by atoms with Gasteiger partial charge in [0, 0.05) is 26.2 Å². The van der Waals surface area contributed by atoms with E-state index in [4.69, 9.17) is 5.11 Å². The molecular weight excluding hydrogens is 234 g/mol. The third-order valence-electron chi connectivity index (χ3n) is 3.56. The molecule has 0 radical (unpaired) electrons.